The molecule has 0 saturated carbocycles. The van der Waals surface area contributed by atoms with Gasteiger partial charge in [-0.15, -0.1) is 0 Å². The van der Waals surface area contributed by atoms with Crippen molar-refractivity contribution in [3.05, 3.63) is 65.2 Å². The van der Waals surface area contributed by atoms with Crippen LogP contribution in [0.4, 0.5) is 0 Å². The summed E-state index contributed by atoms with van der Waals surface area (Å²) in [6, 6.07) is 6.78. The predicted molar refractivity (Wildman–Crippen MR) is 104 cm³/mol. The van der Waals surface area contributed by atoms with Crippen LogP contribution in [0.15, 0.2) is 64.5 Å². The number of aliphatic imine (C=N–C) groups is 1. The third-order valence-corrected chi connectivity index (χ3v) is 4.83. The van der Waals surface area contributed by atoms with Crippen molar-refractivity contribution in [3.63, 3.8) is 0 Å². The first-order valence-electron chi connectivity index (χ1n) is 9.07. The molecule has 0 spiro atoms. The molecule has 0 N–H and O–H groups in total. The minimum absolute atomic E-state index is 0.386. The Hall–Kier alpha value is -2.36. The zero-order valence-electron chi connectivity index (χ0n) is 16.1. The normalized spacial score (nSPS) is 18.2. The predicted octanol–water partition coefficient (Wildman–Crippen LogP) is 4.69. The third kappa shape index (κ3) is 3.01. The Morgan fingerprint density at radius 3 is 2.12 bits per heavy atom. The van der Waals surface area contributed by atoms with E-state index in [1.54, 1.807) is 0 Å². The second-order valence-electron chi connectivity index (χ2n) is 7.18. The highest BCUT2D eigenvalue weighted by molar-refractivity contribution is 6.12. The Balaban J connectivity index is 2.21. The van der Waals surface area contributed by atoms with E-state index in [0.717, 1.165) is 17.8 Å². The number of hydrogen-bond acceptors (Lipinski definition) is 4. The van der Waals surface area contributed by atoms with Crippen molar-refractivity contribution in [2.45, 2.75) is 60.0 Å². The molecule has 0 fully saturated rings. The van der Waals surface area contributed by atoms with E-state index in [2.05, 4.69) is 62.4 Å². The van der Waals surface area contributed by atoms with Crippen molar-refractivity contribution in [1.82, 2.24) is 14.8 Å². The lowest BCUT2D eigenvalue weighted by molar-refractivity contribution is 0.264. The maximum absolute atomic E-state index is 4.71. The SMILES string of the molecule is CC1=C(C)N(C(C)C)C(=C2CC=CN=C2c2ccccn2)N1C(C)C. The number of nitrogens with zero attached hydrogens (tertiary/aromatic N) is 4. The van der Waals surface area contributed by atoms with Gasteiger partial charge in [0.1, 0.15) is 5.82 Å². The quantitative estimate of drug-likeness (QED) is 0.803. The topological polar surface area (TPSA) is 31.7 Å². The second-order valence-corrected chi connectivity index (χ2v) is 7.18. The molecule has 0 bridgehead atoms. The zero-order valence-corrected chi connectivity index (χ0v) is 16.1. The van der Waals surface area contributed by atoms with Crippen molar-refractivity contribution in [1.29, 1.82) is 0 Å². The molecule has 4 heteroatoms. The van der Waals surface area contributed by atoms with E-state index in [1.807, 2.05) is 30.6 Å². The van der Waals surface area contributed by atoms with Gasteiger partial charge in [0.05, 0.1) is 11.4 Å². The third-order valence-electron chi connectivity index (χ3n) is 4.83. The molecule has 1 aromatic heterocycles. The van der Waals surface area contributed by atoms with E-state index in [9.17, 15) is 0 Å². The van der Waals surface area contributed by atoms with Crippen molar-refractivity contribution in [2.75, 3.05) is 0 Å². The average molecular weight is 336 g/mol. The minimum atomic E-state index is 0.386. The van der Waals surface area contributed by atoms with Crippen LogP contribution in [0, 0.1) is 0 Å². The monoisotopic (exact) mass is 336 g/mol. The molecular formula is C21H28N4. The molecule has 0 amide bonds. The van der Waals surface area contributed by atoms with Gasteiger partial charge in [-0.25, -0.2) is 0 Å². The molecule has 3 rings (SSSR count). The van der Waals surface area contributed by atoms with Gasteiger partial charge in [-0.2, -0.15) is 0 Å². The first-order chi connectivity index (χ1) is 11.9. The van der Waals surface area contributed by atoms with Gasteiger partial charge in [0.2, 0.25) is 0 Å². The number of allylic oxidation sites excluding steroid dienone is 4. The maximum Gasteiger partial charge on any atom is 0.119 e. The van der Waals surface area contributed by atoms with Crippen LogP contribution >= 0.6 is 0 Å². The molecule has 25 heavy (non-hydrogen) atoms. The van der Waals surface area contributed by atoms with E-state index in [1.165, 1.54) is 22.8 Å². The molecule has 2 aliphatic heterocycles. The molecule has 0 unspecified atom stereocenters. The van der Waals surface area contributed by atoms with E-state index in [-0.39, 0.29) is 0 Å². The fourth-order valence-electron chi connectivity index (χ4n) is 3.73. The van der Waals surface area contributed by atoms with Crippen molar-refractivity contribution in [3.8, 4) is 0 Å². The summed E-state index contributed by atoms with van der Waals surface area (Å²) in [6.07, 6.45) is 6.74. The van der Waals surface area contributed by atoms with Crippen LogP contribution in [0.3, 0.4) is 0 Å². The highest BCUT2D eigenvalue weighted by Crippen LogP contribution is 2.39. The van der Waals surface area contributed by atoms with Gasteiger partial charge in [-0.3, -0.25) is 9.98 Å². The Kier molecular flexibility index (Phi) is 4.80. The summed E-state index contributed by atoms with van der Waals surface area (Å²) in [5.74, 6) is 1.26. The van der Waals surface area contributed by atoms with Gasteiger partial charge < -0.3 is 9.80 Å². The zero-order chi connectivity index (χ0) is 18.1. The lowest BCUT2D eigenvalue weighted by atomic mass is 10.00. The summed E-state index contributed by atoms with van der Waals surface area (Å²) in [7, 11) is 0. The van der Waals surface area contributed by atoms with Crippen LogP contribution in [0.5, 0.6) is 0 Å². The summed E-state index contributed by atoms with van der Waals surface area (Å²) >= 11 is 0. The smallest absolute Gasteiger partial charge is 0.119 e. The number of pyridine rings is 1. The molecular weight excluding hydrogens is 308 g/mol. The van der Waals surface area contributed by atoms with Crippen molar-refractivity contribution >= 4 is 5.71 Å². The number of aromatic nitrogens is 1. The molecule has 2 aliphatic rings. The fraction of sp³-hybridized carbons (Fsp3) is 0.429. The summed E-state index contributed by atoms with van der Waals surface area (Å²) < 4.78 is 0. The van der Waals surface area contributed by atoms with Gasteiger partial charge in [0.25, 0.3) is 0 Å². The Labute approximate surface area is 151 Å². The van der Waals surface area contributed by atoms with E-state index < -0.39 is 0 Å². The van der Waals surface area contributed by atoms with Crippen LogP contribution < -0.4 is 0 Å². The largest absolute Gasteiger partial charge is 0.327 e. The van der Waals surface area contributed by atoms with Gasteiger partial charge in [-0.05, 0) is 60.1 Å². The number of rotatable bonds is 3. The Morgan fingerprint density at radius 2 is 1.60 bits per heavy atom. The lowest BCUT2D eigenvalue weighted by Gasteiger charge is -2.35. The van der Waals surface area contributed by atoms with Crippen LogP contribution in [-0.4, -0.2) is 32.6 Å². The molecule has 0 saturated heterocycles. The fourth-order valence-corrected chi connectivity index (χ4v) is 3.73. The first kappa shape index (κ1) is 17.5. The highest BCUT2D eigenvalue weighted by atomic mass is 15.4. The minimum Gasteiger partial charge on any atom is -0.327 e. The van der Waals surface area contributed by atoms with Gasteiger partial charge in [0.15, 0.2) is 0 Å². The van der Waals surface area contributed by atoms with E-state index in [0.29, 0.717) is 12.1 Å². The van der Waals surface area contributed by atoms with Crippen LogP contribution in [0.1, 0.15) is 53.7 Å². The van der Waals surface area contributed by atoms with Gasteiger partial charge in [-0.1, -0.05) is 12.1 Å². The molecule has 0 aromatic carbocycles. The number of hydrogen-bond donors (Lipinski definition) is 0. The second kappa shape index (κ2) is 6.87. The molecule has 0 atom stereocenters. The average Bonchev–Trinajstić information content (AvgIpc) is 2.87. The molecule has 1 aromatic rings. The first-order valence-corrected chi connectivity index (χ1v) is 9.07. The van der Waals surface area contributed by atoms with E-state index in [4.69, 9.17) is 4.99 Å². The summed E-state index contributed by atoms with van der Waals surface area (Å²) in [4.78, 5) is 14.2. The Bertz CT molecular complexity index is 740. The molecule has 132 valence electrons. The van der Waals surface area contributed by atoms with Crippen LogP contribution in [0.2, 0.25) is 0 Å². The standard InChI is InChI=1S/C21H28N4/c1-14(2)24-16(5)17(6)25(15(3)4)21(24)18-10-9-13-23-20(18)19-11-7-8-12-22-19/h7-9,11-15H,10H2,1-6H3. The summed E-state index contributed by atoms with van der Waals surface area (Å²) in [5.41, 5.74) is 5.81. The molecule has 0 aliphatic carbocycles. The van der Waals surface area contributed by atoms with Crippen LogP contribution in [-0.2, 0) is 0 Å². The Morgan fingerprint density at radius 1 is 0.960 bits per heavy atom. The van der Waals surface area contributed by atoms with Gasteiger partial charge >= 0.3 is 0 Å². The van der Waals surface area contributed by atoms with E-state index >= 15 is 0 Å². The lowest BCUT2D eigenvalue weighted by Crippen LogP contribution is -2.36. The van der Waals surface area contributed by atoms with Gasteiger partial charge in [0, 0.05) is 41.4 Å². The molecule has 3 heterocycles. The van der Waals surface area contributed by atoms with Crippen LogP contribution in [0.25, 0.3) is 0 Å². The summed E-state index contributed by atoms with van der Waals surface area (Å²) in [5, 5.41) is 0. The highest BCUT2D eigenvalue weighted by Gasteiger charge is 2.36. The summed E-state index contributed by atoms with van der Waals surface area (Å²) in [6.45, 7) is 13.4. The maximum atomic E-state index is 4.71. The molecule has 4 nitrogen and oxygen atoms in total. The van der Waals surface area contributed by atoms with Crippen molar-refractivity contribution in [2.24, 2.45) is 4.99 Å². The molecule has 0 radical (unpaired) electrons. The van der Waals surface area contributed by atoms with Crippen molar-refractivity contribution < 1.29 is 0 Å².